The smallest absolute Gasteiger partial charge is 0.238 e. The van der Waals surface area contributed by atoms with Gasteiger partial charge in [-0.25, -0.2) is 14.4 Å². The average molecular weight is 620 g/mol. The SMILES string of the molecule is CN(C)CC(=O)Nc1cncc(-c2ccc3[nH]nc(-c4nc5nccc(-c6cc(F)cc(OCCN7CCCC7)c6)c5[nH]4)c3c2)c1. The van der Waals surface area contributed by atoms with Crippen molar-refractivity contribution >= 4 is 33.7 Å². The summed E-state index contributed by atoms with van der Waals surface area (Å²) in [4.78, 5) is 33.4. The minimum atomic E-state index is -0.375. The number of halogens is 1. The Morgan fingerprint density at radius 3 is 2.76 bits per heavy atom. The lowest BCUT2D eigenvalue weighted by Gasteiger charge is -2.15. The second-order valence-electron chi connectivity index (χ2n) is 11.8. The van der Waals surface area contributed by atoms with Crippen LogP contribution in [0.1, 0.15) is 12.8 Å². The van der Waals surface area contributed by atoms with Gasteiger partial charge < -0.3 is 19.9 Å². The summed E-state index contributed by atoms with van der Waals surface area (Å²) in [6.07, 6.45) is 7.48. The molecule has 7 rings (SSSR count). The summed E-state index contributed by atoms with van der Waals surface area (Å²) in [5.74, 6) is 0.522. The number of hydrogen-bond donors (Lipinski definition) is 3. The van der Waals surface area contributed by atoms with E-state index >= 15 is 0 Å². The number of aromatic amines is 2. The monoisotopic (exact) mass is 619 g/mol. The third kappa shape index (κ3) is 6.30. The maximum atomic E-state index is 14.8. The highest BCUT2D eigenvalue weighted by molar-refractivity contribution is 5.98. The molecule has 0 unspecified atom stereocenters. The lowest BCUT2D eigenvalue weighted by molar-refractivity contribution is -0.116. The fraction of sp³-hybridized carbons (Fsp3) is 0.265. The van der Waals surface area contributed by atoms with E-state index in [2.05, 4.69) is 35.4 Å². The molecule has 234 valence electrons. The van der Waals surface area contributed by atoms with Crippen LogP contribution in [-0.2, 0) is 4.79 Å². The highest BCUT2D eigenvalue weighted by atomic mass is 19.1. The second kappa shape index (κ2) is 12.7. The van der Waals surface area contributed by atoms with Gasteiger partial charge in [0.1, 0.15) is 23.9 Å². The van der Waals surface area contributed by atoms with Gasteiger partial charge in [0.15, 0.2) is 11.5 Å². The number of imidazole rings is 1. The first kappa shape index (κ1) is 29.5. The number of fused-ring (bicyclic) bond motifs is 2. The Balaban J connectivity index is 1.18. The van der Waals surface area contributed by atoms with Gasteiger partial charge in [-0.05, 0) is 87.6 Å². The molecule has 6 aromatic rings. The van der Waals surface area contributed by atoms with Gasteiger partial charge >= 0.3 is 0 Å². The van der Waals surface area contributed by atoms with E-state index in [1.165, 1.54) is 25.0 Å². The zero-order chi connectivity index (χ0) is 31.6. The van der Waals surface area contributed by atoms with E-state index in [4.69, 9.17) is 9.72 Å². The Morgan fingerprint density at radius 1 is 1.04 bits per heavy atom. The van der Waals surface area contributed by atoms with E-state index in [0.29, 0.717) is 46.3 Å². The van der Waals surface area contributed by atoms with Gasteiger partial charge in [-0.1, -0.05) is 6.07 Å². The standard InChI is InChI=1S/C34H34FN9O2/c1-43(2)20-30(45)38-25-14-23(18-36-19-25)21-5-6-29-28(16-21)32(42-41-29)34-39-31-27(7-8-37-33(31)40-34)22-13-24(35)17-26(15-22)46-12-11-44-9-3-4-10-44/h5-8,13-19H,3-4,9-12,20H2,1-2H3,(H,38,45)(H,41,42)(H,37,39,40). The average Bonchev–Trinajstić information content (AvgIpc) is 3.80. The van der Waals surface area contributed by atoms with Crippen molar-refractivity contribution in [2.45, 2.75) is 12.8 Å². The number of likely N-dealkylation sites (tertiary alicyclic amines) is 1. The zero-order valence-corrected chi connectivity index (χ0v) is 25.7. The molecule has 0 bridgehead atoms. The van der Waals surface area contributed by atoms with Crippen LogP contribution in [0.4, 0.5) is 10.1 Å². The molecular formula is C34H34FN9O2. The van der Waals surface area contributed by atoms with Crippen LogP contribution in [0.3, 0.4) is 0 Å². The number of ether oxygens (including phenoxy) is 1. The van der Waals surface area contributed by atoms with Crippen LogP contribution >= 0.6 is 0 Å². The van der Waals surface area contributed by atoms with Gasteiger partial charge in [0.2, 0.25) is 5.91 Å². The van der Waals surface area contributed by atoms with Crippen LogP contribution in [0, 0.1) is 5.82 Å². The number of amides is 1. The molecule has 0 spiro atoms. The summed E-state index contributed by atoms with van der Waals surface area (Å²) >= 11 is 0. The van der Waals surface area contributed by atoms with Crippen LogP contribution < -0.4 is 10.1 Å². The molecule has 0 atom stereocenters. The molecule has 0 aliphatic carbocycles. The lowest BCUT2D eigenvalue weighted by Crippen LogP contribution is -2.27. The molecule has 46 heavy (non-hydrogen) atoms. The number of aromatic nitrogens is 6. The molecule has 11 nitrogen and oxygen atoms in total. The molecule has 1 aliphatic heterocycles. The van der Waals surface area contributed by atoms with Crippen molar-refractivity contribution in [2.75, 3.05) is 52.2 Å². The Hall–Kier alpha value is -5.20. The normalized spacial score (nSPS) is 13.7. The predicted octanol–water partition coefficient (Wildman–Crippen LogP) is 5.34. The number of nitrogens with one attached hydrogen (secondary N) is 3. The minimum Gasteiger partial charge on any atom is -0.492 e. The summed E-state index contributed by atoms with van der Waals surface area (Å²) in [6, 6.07) is 14.4. The molecule has 5 heterocycles. The molecule has 3 N–H and O–H groups in total. The third-order valence-electron chi connectivity index (χ3n) is 8.05. The highest BCUT2D eigenvalue weighted by Gasteiger charge is 2.18. The number of pyridine rings is 2. The number of H-pyrrole nitrogens is 2. The third-order valence-corrected chi connectivity index (χ3v) is 8.05. The van der Waals surface area contributed by atoms with Crippen molar-refractivity contribution in [1.82, 2.24) is 39.9 Å². The number of hydrogen-bond acceptors (Lipinski definition) is 8. The Morgan fingerprint density at radius 2 is 1.91 bits per heavy atom. The molecular weight excluding hydrogens is 585 g/mol. The maximum absolute atomic E-state index is 14.8. The Labute approximate surface area is 264 Å². The molecule has 0 saturated carbocycles. The molecule has 1 saturated heterocycles. The zero-order valence-electron chi connectivity index (χ0n) is 25.7. The van der Waals surface area contributed by atoms with Gasteiger partial charge in [0, 0.05) is 41.5 Å². The van der Waals surface area contributed by atoms with Crippen molar-refractivity contribution < 1.29 is 13.9 Å². The number of carbonyl (C=O) groups excluding carboxylic acids is 1. The Kier molecular flexibility index (Phi) is 8.12. The number of rotatable bonds is 10. The van der Waals surface area contributed by atoms with E-state index < -0.39 is 0 Å². The van der Waals surface area contributed by atoms with E-state index in [1.807, 2.05) is 50.5 Å². The number of anilines is 1. The van der Waals surface area contributed by atoms with Crippen LogP contribution in [0.5, 0.6) is 5.75 Å². The summed E-state index contributed by atoms with van der Waals surface area (Å²) in [5, 5.41) is 11.4. The van der Waals surface area contributed by atoms with E-state index in [0.717, 1.165) is 47.2 Å². The number of likely N-dealkylation sites (N-methyl/N-ethyl adjacent to an activating group) is 1. The largest absolute Gasteiger partial charge is 0.492 e. The van der Waals surface area contributed by atoms with Crippen molar-refractivity contribution in [1.29, 1.82) is 0 Å². The Bertz CT molecular complexity index is 2030. The fourth-order valence-electron chi connectivity index (χ4n) is 5.89. The molecule has 1 fully saturated rings. The maximum Gasteiger partial charge on any atom is 0.238 e. The van der Waals surface area contributed by atoms with E-state index in [1.54, 1.807) is 23.5 Å². The van der Waals surface area contributed by atoms with Crippen molar-refractivity contribution in [3.8, 4) is 39.5 Å². The van der Waals surface area contributed by atoms with Gasteiger partial charge in [0.05, 0.1) is 29.5 Å². The lowest BCUT2D eigenvalue weighted by atomic mass is 10.0. The van der Waals surface area contributed by atoms with E-state index in [-0.39, 0.29) is 18.3 Å². The topological polar surface area (TPSA) is 128 Å². The van der Waals surface area contributed by atoms with Gasteiger partial charge in [0.25, 0.3) is 0 Å². The first-order valence-corrected chi connectivity index (χ1v) is 15.3. The summed E-state index contributed by atoms with van der Waals surface area (Å²) < 4.78 is 20.7. The molecule has 1 amide bonds. The molecule has 4 aromatic heterocycles. The van der Waals surface area contributed by atoms with Crippen molar-refractivity contribution in [3.05, 3.63) is 72.9 Å². The van der Waals surface area contributed by atoms with Gasteiger partial charge in [-0.2, -0.15) is 5.10 Å². The minimum absolute atomic E-state index is 0.117. The van der Waals surface area contributed by atoms with Crippen molar-refractivity contribution in [2.24, 2.45) is 0 Å². The second-order valence-corrected chi connectivity index (χ2v) is 11.8. The highest BCUT2D eigenvalue weighted by Crippen LogP contribution is 2.34. The first-order valence-electron chi connectivity index (χ1n) is 15.3. The first-order chi connectivity index (χ1) is 22.4. The van der Waals surface area contributed by atoms with Crippen LogP contribution in [0.2, 0.25) is 0 Å². The fourth-order valence-corrected chi connectivity index (χ4v) is 5.89. The predicted molar refractivity (Wildman–Crippen MR) is 176 cm³/mol. The van der Waals surface area contributed by atoms with Gasteiger partial charge in [-0.15, -0.1) is 0 Å². The number of nitrogens with zero attached hydrogens (tertiary/aromatic N) is 6. The van der Waals surface area contributed by atoms with Crippen molar-refractivity contribution in [3.63, 3.8) is 0 Å². The molecule has 12 heteroatoms. The number of benzene rings is 2. The molecule has 1 aliphatic rings. The number of carbonyl (C=O) groups is 1. The molecule has 2 aromatic carbocycles. The summed E-state index contributed by atoms with van der Waals surface area (Å²) in [5.41, 5.74) is 6.39. The summed E-state index contributed by atoms with van der Waals surface area (Å²) in [7, 11) is 3.68. The molecule has 0 radical (unpaired) electrons. The van der Waals surface area contributed by atoms with Gasteiger partial charge in [-0.3, -0.25) is 19.8 Å². The van der Waals surface area contributed by atoms with Crippen LogP contribution in [0.15, 0.2) is 67.1 Å². The van der Waals surface area contributed by atoms with E-state index in [9.17, 15) is 9.18 Å². The van der Waals surface area contributed by atoms with Crippen LogP contribution in [0.25, 0.3) is 55.8 Å². The summed E-state index contributed by atoms with van der Waals surface area (Å²) in [6.45, 7) is 3.77. The van der Waals surface area contributed by atoms with Crippen LogP contribution in [-0.4, -0.2) is 92.7 Å². The quantitative estimate of drug-likeness (QED) is 0.187.